The van der Waals surface area contributed by atoms with Gasteiger partial charge in [0.25, 0.3) is 0 Å². The zero-order valence-electron chi connectivity index (χ0n) is 10.6. The van der Waals surface area contributed by atoms with E-state index in [0.717, 1.165) is 23.8 Å². The van der Waals surface area contributed by atoms with Crippen LogP contribution in [0.5, 0.6) is 0 Å². The number of imidazole rings is 1. The fourth-order valence-corrected chi connectivity index (χ4v) is 1.67. The van der Waals surface area contributed by atoms with Gasteiger partial charge in [-0.2, -0.15) is 0 Å². The third-order valence-electron chi connectivity index (χ3n) is 2.58. The summed E-state index contributed by atoms with van der Waals surface area (Å²) in [6.07, 6.45) is 6.61. The first-order chi connectivity index (χ1) is 8.70. The molecule has 0 aliphatic heterocycles. The van der Waals surface area contributed by atoms with Crippen LogP contribution in [0.3, 0.4) is 0 Å². The number of aromatic nitrogens is 3. The Morgan fingerprint density at radius 2 is 2.22 bits per heavy atom. The maximum Gasteiger partial charge on any atom is 0.224 e. The number of rotatable bonds is 4. The van der Waals surface area contributed by atoms with Crippen molar-refractivity contribution in [3.8, 4) is 5.82 Å². The lowest BCUT2D eigenvalue weighted by Gasteiger charge is -2.06. The molecule has 0 fully saturated rings. The lowest BCUT2D eigenvalue weighted by Crippen LogP contribution is -2.11. The Bertz CT molecular complexity index is 530. The van der Waals surface area contributed by atoms with Gasteiger partial charge in [0, 0.05) is 18.8 Å². The summed E-state index contributed by atoms with van der Waals surface area (Å²) in [5.74, 6) is 1.69. The van der Waals surface area contributed by atoms with Crippen LogP contribution in [0.15, 0.2) is 30.7 Å². The highest BCUT2D eigenvalue weighted by atomic mass is 16.1. The summed E-state index contributed by atoms with van der Waals surface area (Å²) in [5, 5.41) is 2.80. The Hall–Kier alpha value is -2.17. The van der Waals surface area contributed by atoms with Crippen LogP contribution < -0.4 is 5.32 Å². The highest BCUT2D eigenvalue weighted by Crippen LogP contribution is 2.11. The predicted molar refractivity (Wildman–Crippen MR) is 69.6 cm³/mol. The van der Waals surface area contributed by atoms with Gasteiger partial charge in [0.15, 0.2) is 0 Å². The van der Waals surface area contributed by atoms with E-state index in [1.165, 1.54) is 0 Å². The van der Waals surface area contributed by atoms with Gasteiger partial charge in [-0.1, -0.05) is 6.92 Å². The molecule has 5 heteroatoms. The molecule has 2 rings (SSSR count). The fraction of sp³-hybridized carbons (Fsp3) is 0.308. The fourth-order valence-electron chi connectivity index (χ4n) is 1.67. The molecule has 2 aromatic rings. The van der Waals surface area contributed by atoms with Crippen molar-refractivity contribution < 1.29 is 4.79 Å². The SMILES string of the molecule is CCCC(=O)Nc1ccc(-n2ccnc2C)nc1. The highest BCUT2D eigenvalue weighted by molar-refractivity contribution is 5.90. The third-order valence-corrected chi connectivity index (χ3v) is 2.58. The van der Waals surface area contributed by atoms with Gasteiger partial charge in [-0.3, -0.25) is 9.36 Å². The number of nitrogens with zero attached hydrogens (tertiary/aromatic N) is 3. The van der Waals surface area contributed by atoms with Crippen LogP contribution in [0, 0.1) is 6.92 Å². The molecule has 5 nitrogen and oxygen atoms in total. The molecule has 0 aromatic carbocycles. The van der Waals surface area contributed by atoms with Gasteiger partial charge in [0.1, 0.15) is 11.6 Å². The van der Waals surface area contributed by atoms with Crippen LogP contribution in [-0.4, -0.2) is 20.4 Å². The number of carbonyl (C=O) groups excluding carboxylic acids is 1. The minimum Gasteiger partial charge on any atom is -0.325 e. The van der Waals surface area contributed by atoms with Crippen molar-refractivity contribution in [2.24, 2.45) is 0 Å². The maximum absolute atomic E-state index is 11.4. The van der Waals surface area contributed by atoms with Crippen LogP contribution >= 0.6 is 0 Å². The molecule has 0 unspecified atom stereocenters. The first-order valence-electron chi connectivity index (χ1n) is 5.97. The lowest BCUT2D eigenvalue weighted by atomic mass is 10.3. The Morgan fingerprint density at radius 3 is 2.78 bits per heavy atom. The molecule has 0 aliphatic rings. The molecule has 0 saturated heterocycles. The summed E-state index contributed by atoms with van der Waals surface area (Å²) in [5.41, 5.74) is 0.718. The molecule has 0 aliphatic carbocycles. The summed E-state index contributed by atoms with van der Waals surface area (Å²) in [6, 6.07) is 3.70. The van der Waals surface area contributed by atoms with Crippen LogP contribution in [0.2, 0.25) is 0 Å². The summed E-state index contributed by atoms with van der Waals surface area (Å²) < 4.78 is 1.89. The standard InChI is InChI=1S/C13H16N4O/c1-3-4-13(18)16-11-5-6-12(15-9-11)17-8-7-14-10(17)2/h5-9H,3-4H2,1-2H3,(H,16,18). The molecule has 2 heterocycles. The number of hydrogen-bond acceptors (Lipinski definition) is 3. The smallest absolute Gasteiger partial charge is 0.224 e. The van der Waals surface area contributed by atoms with E-state index in [0.29, 0.717) is 6.42 Å². The number of hydrogen-bond donors (Lipinski definition) is 1. The van der Waals surface area contributed by atoms with Crippen molar-refractivity contribution in [2.75, 3.05) is 5.32 Å². The molecule has 1 N–H and O–H groups in total. The number of pyridine rings is 1. The molecule has 0 saturated carbocycles. The molecule has 2 aromatic heterocycles. The minimum atomic E-state index is 0.0193. The molecule has 0 spiro atoms. The molecular formula is C13H16N4O. The molecule has 0 atom stereocenters. The Labute approximate surface area is 106 Å². The largest absolute Gasteiger partial charge is 0.325 e. The van der Waals surface area contributed by atoms with Gasteiger partial charge in [-0.15, -0.1) is 0 Å². The van der Waals surface area contributed by atoms with Crippen molar-refractivity contribution in [2.45, 2.75) is 26.7 Å². The highest BCUT2D eigenvalue weighted by Gasteiger charge is 2.03. The minimum absolute atomic E-state index is 0.0193. The van der Waals surface area contributed by atoms with E-state index in [4.69, 9.17) is 0 Å². The monoisotopic (exact) mass is 244 g/mol. The summed E-state index contributed by atoms with van der Waals surface area (Å²) in [7, 11) is 0. The van der Waals surface area contributed by atoms with Crippen molar-refractivity contribution in [1.82, 2.24) is 14.5 Å². The molecule has 18 heavy (non-hydrogen) atoms. The average Bonchev–Trinajstić information content (AvgIpc) is 2.77. The van der Waals surface area contributed by atoms with Gasteiger partial charge in [-0.25, -0.2) is 9.97 Å². The van der Waals surface area contributed by atoms with E-state index in [9.17, 15) is 4.79 Å². The second-order valence-corrected chi connectivity index (χ2v) is 4.05. The van der Waals surface area contributed by atoms with Crippen LogP contribution in [0.25, 0.3) is 5.82 Å². The van der Waals surface area contributed by atoms with E-state index in [2.05, 4.69) is 15.3 Å². The maximum atomic E-state index is 11.4. The molecular weight excluding hydrogens is 228 g/mol. The normalized spacial score (nSPS) is 10.3. The number of nitrogens with one attached hydrogen (secondary N) is 1. The van der Waals surface area contributed by atoms with Gasteiger partial charge in [0.2, 0.25) is 5.91 Å². The van der Waals surface area contributed by atoms with Crippen molar-refractivity contribution >= 4 is 11.6 Å². The summed E-state index contributed by atoms with van der Waals surface area (Å²) in [6.45, 7) is 3.89. The van der Waals surface area contributed by atoms with Gasteiger partial charge >= 0.3 is 0 Å². The zero-order chi connectivity index (χ0) is 13.0. The predicted octanol–water partition coefficient (Wildman–Crippen LogP) is 2.31. The number of carbonyl (C=O) groups is 1. The molecule has 0 bridgehead atoms. The van der Waals surface area contributed by atoms with E-state index < -0.39 is 0 Å². The number of aryl methyl sites for hydroxylation is 1. The summed E-state index contributed by atoms with van der Waals surface area (Å²) in [4.78, 5) is 19.9. The molecule has 1 amide bonds. The lowest BCUT2D eigenvalue weighted by molar-refractivity contribution is -0.116. The topological polar surface area (TPSA) is 59.8 Å². The van der Waals surface area contributed by atoms with Gasteiger partial charge in [-0.05, 0) is 25.5 Å². The van der Waals surface area contributed by atoms with Crippen molar-refractivity contribution in [3.05, 3.63) is 36.5 Å². The van der Waals surface area contributed by atoms with Crippen LogP contribution in [0.1, 0.15) is 25.6 Å². The van der Waals surface area contributed by atoms with Gasteiger partial charge in [0.05, 0.1) is 11.9 Å². The molecule has 0 radical (unpaired) electrons. The number of amides is 1. The first kappa shape index (κ1) is 12.3. The first-order valence-corrected chi connectivity index (χ1v) is 5.97. The van der Waals surface area contributed by atoms with E-state index in [-0.39, 0.29) is 5.91 Å². The third kappa shape index (κ3) is 2.74. The zero-order valence-corrected chi connectivity index (χ0v) is 10.6. The van der Waals surface area contributed by atoms with Crippen LogP contribution in [0.4, 0.5) is 5.69 Å². The summed E-state index contributed by atoms with van der Waals surface area (Å²) >= 11 is 0. The van der Waals surface area contributed by atoms with E-state index in [1.807, 2.05) is 36.7 Å². The Balaban J connectivity index is 2.11. The van der Waals surface area contributed by atoms with E-state index in [1.54, 1.807) is 12.4 Å². The average molecular weight is 244 g/mol. The van der Waals surface area contributed by atoms with Gasteiger partial charge < -0.3 is 5.32 Å². The van der Waals surface area contributed by atoms with Crippen molar-refractivity contribution in [1.29, 1.82) is 0 Å². The second-order valence-electron chi connectivity index (χ2n) is 4.05. The quantitative estimate of drug-likeness (QED) is 0.897. The Morgan fingerprint density at radius 1 is 1.39 bits per heavy atom. The van der Waals surface area contributed by atoms with Crippen molar-refractivity contribution in [3.63, 3.8) is 0 Å². The Kier molecular flexibility index (Phi) is 3.72. The van der Waals surface area contributed by atoms with E-state index >= 15 is 0 Å². The number of anilines is 1. The van der Waals surface area contributed by atoms with Crippen LogP contribution in [-0.2, 0) is 4.79 Å². The second kappa shape index (κ2) is 5.44. The molecule has 94 valence electrons.